The van der Waals surface area contributed by atoms with E-state index in [9.17, 15) is 18.0 Å². The summed E-state index contributed by atoms with van der Waals surface area (Å²) >= 11 is 6.44. The number of nitrogens with zero attached hydrogens (tertiary/aromatic N) is 2. The van der Waals surface area contributed by atoms with E-state index in [4.69, 9.17) is 11.6 Å². The predicted octanol–water partition coefficient (Wildman–Crippen LogP) is 5.57. The molecule has 0 unspecified atom stereocenters. The Hall–Kier alpha value is -3.36. The van der Waals surface area contributed by atoms with E-state index in [0.717, 1.165) is 21.9 Å². The second-order valence-corrected chi connectivity index (χ2v) is 11.7. The molecule has 0 aromatic heterocycles. The van der Waals surface area contributed by atoms with Crippen LogP contribution in [0.25, 0.3) is 0 Å². The summed E-state index contributed by atoms with van der Waals surface area (Å²) in [5.41, 5.74) is 2.02. The number of rotatable bonds is 12. The summed E-state index contributed by atoms with van der Waals surface area (Å²) in [4.78, 5) is 28.9. The molecule has 0 saturated carbocycles. The molecule has 0 bridgehead atoms. The number of aryl methyl sites for hydroxylation is 1. The second-order valence-electron chi connectivity index (χ2n) is 9.47. The first-order valence-electron chi connectivity index (χ1n) is 13.1. The first kappa shape index (κ1) is 30.2. The molecule has 3 aromatic rings. The van der Waals surface area contributed by atoms with Crippen molar-refractivity contribution in [1.29, 1.82) is 0 Å². The Labute approximate surface area is 236 Å². The number of carbonyl (C=O) groups excluding carboxylic acids is 2. The molecule has 0 aliphatic heterocycles. The Morgan fingerprint density at radius 1 is 0.897 bits per heavy atom. The van der Waals surface area contributed by atoms with Crippen molar-refractivity contribution in [2.45, 2.75) is 64.1 Å². The van der Waals surface area contributed by atoms with Crippen LogP contribution in [0.5, 0.6) is 0 Å². The lowest BCUT2D eigenvalue weighted by molar-refractivity contribution is -0.140. The van der Waals surface area contributed by atoms with Crippen molar-refractivity contribution in [3.05, 3.63) is 95.0 Å². The van der Waals surface area contributed by atoms with E-state index < -0.39 is 28.5 Å². The van der Waals surface area contributed by atoms with Gasteiger partial charge >= 0.3 is 0 Å². The molecule has 1 N–H and O–H groups in total. The molecule has 7 nitrogen and oxygen atoms in total. The van der Waals surface area contributed by atoms with Crippen molar-refractivity contribution in [2.75, 3.05) is 10.8 Å². The van der Waals surface area contributed by atoms with Crippen LogP contribution in [-0.2, 0) is 26.2 Å². The van der Waals surface area contributed by atoms with Gasteiger partial charge in [-0.3, -0.25) is 13.9 Å². The molecule has 9 heteroatoms. The molecule has 208 valence electrons. The number of benzene rings is 3. The largest absolute Gasteiger partial charge is 0.352 e. The molecule has 2 atom stereocenters. The molecule has 0 spiro atoms. The minimum atomic E-state index is -4.16. The van der Waals surface area contributed by atoms with Gasteiger partial charge in [0.1, 0.15) is 12.6 Å². The van der Waals surface area contributed by atoms with Crippen LogP contribution in [0.3, 0.4) is 0 Å². The molecule has 0 heterocycles. The van der Waals surface area contributed by atoms with Crippen LogP contribution in [0.15, 0.2) is 83.8 Å². The summed E-state index contributed by atoms with van der Waals surface area (Å²) in [5.74, 6) is -0.784. The number of hydrogen-bond donors (Lipinski definition) is 1. The topological polar surface area (TPSA) is 86.8 Å². The summed E-state index contributed by atoms with van der Waals surface area (Å²) in [6.45, 7) is 7.28. The Kier molecular flexibility index (Phi) is 10.5. The van der Waals surface area contributed by atoms with Crippen molar-refractivity contribution in [3.63, 3.8) is 0 Å². The smallest absolute Gasteiger partial charge is 0.264 e. The zero-order chi connectivity index (χ0) is 28.6. The molecule has 2 amide bonds. The molecule has 39 heavy (non-hydrogen) atoms. The Morgan fingerprint density at radius 2 is 1.51 bits per heavy atom. The van der Waals surface area contributed by atoms with Gasteiger partial charge in [0.25, 0.3) is 10.0 Å². The normalized spacial score (nSPS) is 12.8. The highest BCUT2D eigenvalue weighted by Gasteiger charge is 2.34. The summed E-state index contributed by atoms with van der Waals surface area (Å²) in [5, 5.41) is 3.17. The van der Waals surface area contributed by atoms with Crippen LogP contribution in [-0.4, -0.2) is 43.8 Å². The molecule has 3 rings (SSSR count). The van der Waals surface area contributed by atoms with Crippen LogP contribution in [0.1, 0.15) is 44.7 Å². The number of para-hydroxylation sites is 1. The maximum atomic E-state index is 14.1. The van der Waals surface area contributed by atoms with Gasteiger partial charge in [-0.2, -0.15) is 0 Å². The number of carbonyl (C=O) groups is 2. The average Bonchev–Trinajstić information content (AvgIpc) is 2.93. The van der Waals surface area contributed by atoms with Gasteiger partial charge in [0, 0.05) is 12.6 Å². The quantitative estimate of drug-likeness (QED) is 0.309. The van der Waals surface area contributed by atoms with Crippen molar-refractivity contribution in [1.82, 2.24) is 10.2 Å². The third kappa shape index (κ3) is 7.40. The maximum absolute atomic E-state index is 14.1. The Morgan fingerprint density at radius 3 is 2.13 bits per heavy atom. The number of sulfonamides is 1. The van der Waals surface area contributed by atoms with Gasteiger partial charge in [-0.1, -0.05) is 80.0 Å². The first-order valence-corrected chi connectivity index (χ1v) is 14.9. The van der Waals surface area contributed by atoms with E-state index >= 15 is 0 Å². The lowest BCUT2D eigenvalue weighted by Crippen LogP contribution is -2.53. The van der Waals surface area contributed by atoms with Gasteiger partial charge in [0.05, 0.1) is 15.6 Å². The fourth-order valence-electron chi connectivity index (χ4n) is 4.22. The van der Waals surface area contributed by atoms with Crippen molar-refractivity contribution in [3.8, 4) is 0 Å². The summed E-state index contributed by atoms with van der Waals surface area (Å²) in [7, 11) is -4.16. The Balaban J connectivity index is 2.07. The third-order valence-corrected chi connectivity index (χ3v) is 8.81. The van der Waals surface area contributed by atoms with Gasteiger partial charge in [-0.15, -0.1) is 0 Å². The van der Waals surface area contributed by atoms with E-state index in [1.807, 2.05) is 52.0 Å². The van der Waals surface area contributed by atoms with Gasteiger partial charge in [0.15, 0.2) is 0 Å². The minimum Gasteiger partial charge on any atom is -0.352 e. The summed E-state index contributed by atoms with van der Waals surface area (Å²) < 4.78 is 28.7. The Bertz CT molecular complexity index is 1380. The lowest BCUT2D eigenvalue weighted by Gasteiger charge is -2.34. The number of nitrogens with one attached hydrogen (secondary N) is 1. The van der Waals surface area contributed by atoms with Crippen LogP contribution in [0.2, 0.25) is 5.02 Å². The highest BCUT2D eigenvalue weighted by atomic mass is 35.5. The van der Waals surface area contributed by atoms with Gasteiger partial charge in [-0.25, -0.2) is 8.42 Å². The summed E-state index contributed by atoms with van der Waals surface area (Å²) in [6.07, 6.45) is 1.10. The van der Waals surface area contributed by atoms with Crippen molar-refractivity contribution in [2.24, 2.45) is 0 Å². The number of halogens is 1. The van der Waals surface area contributed by atoms with Crippen molar-refractivity contribution >= 4 is 39.1 Å². The molecule has 0 radical (unpaired) electrons. The zero-order valence-corrected chi connectivity index (χ0v) is 24.4. The number of hydrogen-bond acceptors (Lipinski definition) is 4. The minimum absolute atomic E-state index is 0.0322. The molecular formula is C30H36ClN3O4S. The lowest BCUT2D eigenvalue weighted by atomic mass is 10.1. The highest BCUT2D eigenvalue weighted by Crippen LogP contribution is 2.31. The van der Waals surface area contributed by atoms with Crippen LogP contribution >= 0.6 is 11.6 Å². The zero-order valence-electron chi connectivity index (χ0n) is 22.8. The molecule has 0 fully saturated rings. The third-order valence-electron chi connectivity index (χ3n) is 6.72. The van der Waals surface area contributed by atoms with Crippen LogP contribution < -0.4 is 9.62 Å². The van der Waals surface area contributed by atoms with E-state index in [2.05, 4.69) is 5.32 Å². The van der Waals surface area contributed by atoms with Crippen molar-refractivity contribution < 1.29 is 18.0 Å². The standard InChI is InChI=1S/C30H36ClN3O4S/c1-5-23(4)32-30(36)27(6-2)33(20-24-15-11-10-14-22(24)3)29(35)21-34(28-19-13-12-18-26(28)31)39(37,38)25-16-8-7-9-17-25/h7-19,23,27H,5-6,20-21H2,1-4H3,(H,32,36)/t23-,27+/m1/s1. The molecule has 0 saturated heterocycles. The molecule has 3 aromatic carbocycles. The SMILES string of the molecule is CC[C@@H](C)NC(=O)[C@H](CC)N(Cc1ccccc1C)C(=O)CN(c1ccccc1Cl)S(=O)(=O)c1ccccc1. The van der Waals surface area contributed by atoms with Crippen LogP contribution in [0.4, 0.5) is 5.69 Å². The monoisotopic (exact) mass is 569 g/mol. The summed E-state index contributed by atoms with van der Waals surface area (Å²) in [6, 6.07) is 21.2. The number of amides is 2. The van der Waals surface area contributed by atoms with Gasteiger partial charge < -0.3 is 10.2 Å². The fourth-order valence-corrected chi connectivity index (χ4v) is 5.96. The van der Waals surface area contributed by atoms with Gasteiger partial charge in [0.2, 0.25) is 11.8 Å². The molecule has 0 aliphatic rings. The van der Waals surface area contributed by atoms with Crippen LogP contribution in [0, 0.1) is 6.92 Å². The second kappa shape index (κ2) is 13.6. The van der Waals surface area contributed by atoms with E-state index in [0.29, 0.717) is 6.42 Å². The fraction of sp³-hybridized carbons (Fsp3) is 0.333. The van der Waals surface area contributed by atoms with E-state index in [1.54, 1.807) is 42.5 Å². The first-order chi connectivity index (χ1) is 18.6. The average molecular weight is 570 g/mol. The predicted molar refractivity (Wildman–Crippen MR) is 156 cm³/mol. The number of anilines is 1. The highest BCUT2D eigenvalue weighted by molar-refractivity contribution is 7.92. The van der Waals surface area contributed by atoms with E-state index in [-0.39, 0.29) is 34.1 Å². The maximum Gasteiger partial charge on any atom is 0.264 e. The van der Waals surface area contributed by atoms with E-state index in [1.165, 1.54) is 17.0 Å². The molecule has 0 aliphatic carbocycles. The van der Waals surface area contributed by atoms with Gasteiger partial charge in [-0.05, 0) is 62.1 Å². The molecular weight excluding hydrogens is 534 g/mol.